The highest BCUT2D eigenvalue weighted by atomic mass is 35.5. The van der Waals surface area contributed by atoms with Crippen molar-refractivity contribution in [2.75, 3.05) is 5.32 Å². The Morgan fingerprint density at radius 2 is 1.89 bits per heavy atom. The smallest absolute Gasteiger partial charge is 0.257 e. The highest BCUT2D eigenvalue weighted by molar-refractivity contribution is 6.37. The average molecular weight is 411 g/mol. The summed E-state index contributed by atoms with van der Waals surface area (Å²) in [6.07, 6.45) is 2.79. The van der Waals surface area contributed by atoms with Gasteiger partial charge >= 0.3 is 0 Å². The van der Waals surface area contributed by atoms with Crippen molar-refractivity contribution in [1.82, 2.24) is 0 Å². The van der Waals surface area contributed by atoms with Gasteiger partial charge in [0.25, 0.3) is 5.91 Å². The molecule has 0 radical (unpaired) electrons. The van der Waals surface area contributed by atoms with Gasteiger partial charge < -0.3 is 9.73 Å². The van der Waals surface area contributed by atoms with Crippen molar-refractivity contribution >= 4 is 46.7 Å². The molecule has 1 amide bonds. The Morgan fingerprint density at radius 3 is 2.57 bits per heavy atom. The Bertz CT molecular complexity index is 1110. The SMILES string of the molecule is N#C/C(=C\c1cccc(NC(=O)c2ccc(Cl)cc2Cl)c1)C(=O)c1ccco1. The molecule has 0 aliphatic carbocycles. The van der Waals surface area contributed by atoms with Crippen LogP contribution in [-0.4, -0.2) is 11.7 Å². The van der Waals surface area contributed by atoms with E-state index in [4.69, 9.17) is 27.6 Å². The number of hydrogen-bond acceptors (Lipinski definition) is 4. The number of benzene rings is 2. The molecule has 28 heavy (non-hydrogen) atoms. The van der Waals surface area contributed by atoms with Crippen molar-refractivity contribution in [2.24, 2.45) is 0 Å². The zero-order chi connectivity index (χ0) is 20.1. The lowest BCUT2D eigenvalue weighted by Gasteiger charge is -2.08. The van der Waals surface area contributed by atoms with Gasteiger partial charge in [0.15, 0.2) is 5.76 Å². The Morgan fingerprint density at radius 1 is 1.07 bits per heavy atom. The molecule has 0 aliphatic heterocycles. The van der Waals surface area contributed by atoms with Gasteiger partial charge in [-0.2, -0.15) is 5.26 Å². The van der Waals surface area contributed by atoms with Gasteiger partial charge in [0.05, 0.1) is 16.8 Å². The van der Waals surface area contributed by atoms with E-state index >= 15 is 0 Å². The van der Waals surface area contributed by atoms with Crippen LogP contribution in [0.4, 0.5) is 5.69 Å². The molecule has 3 aromatic rings. The zero-order valence-electron chi connectivity index (χ0n) is 14.3. The van der Waals surface area contributed by atoms with Gasteiger partial charge in [-0.05, 0) is 54.1 Å². The summed E-state index contributed by atoms with van der Waals surface area (Å²) >= 11 is 11.9. The molecule has 0 aliphatic rings. The molecule has 1 N–H and O–H groups in total. The summed E-state index contributed by atoms with van der Waals surface area (Å²) in [6.45, 7) is 0. The molecule has 1 heterocycles. The first-order valence-electron chi connectivity index (χ1n) is 8.04. The monoisotopic (exact) mass is 410 g/mol. The summed E-state index contributed by atoms with van der Waals surface area (Å²) in [5, 5.41) is 12.7. The minimum Gasteiger partial charge on any atom is -0.461 e. The second-order valence-corrected chi connectivity index (χ2v) is 6.52. The maximum Gasteiger partial charge on any atom is 0.257 e. The molecule has 0 spiro atoms. The van der Waals surface area contributed by atoms with Gasteiger partial charge in [-0.1, -0.05) is 35.3 Å². The third kappa shape index (κ3) is 4.49. The number of carbonyl (C=O) groups is 2. The highest BCUT2D eigenvalue weighted by Crippen LogP contribution is 2.23. The number of nitrogens with zero attached hydrogens (tertiary/aromatic N) is 1. The van der Waals surface area contributed by atoms with E-state index in [2.05, 4.69) is 5.32 Å². The van der Waals surface area contributed by atoms with Crippen LogP contribution in [0.3, 0.4) is 0 Å². The maximum atomic E-state index is 12.4. The highest BCUT2D eigenvalue weighted by Gasteiger charge is 2.15. The molecule has 7 heteroatoms. The zero-order valence-corrected chi connectivity index (χ0v) is 15.8. The first-order chi connectivity index (χ1) is 13.5. The fourth-order valence-electron chi connectivity index (χ4n) is 2.43. The molecule has 0 saturated carbocycles. The van der Waals surface area contributed by atoms with Gasteiger partial charge in [-0.25, -0.2) is 0 Å². The third-order valence-corrected chi connectivity index (χ3v) is 4.29. The Hall–Kier alpha value is -3.33. The number of carbonyl (C=O) groups excluding carboxylic acids is 2. The van der Waals surface area contributed by atoms with Crippen molar-refractivity contribution in [1.29, 1.82) is 5.26 Å². The first-order valence-corrected chi connectivity index (χ1v) is 8.80. The van der Waals surface area contributed by atoms with E-state index in [0.29, 0.717) is 16.3 Å². The Labute approximate surface area is 170 Å². The molecule has 1 aromatic heterocycles. The molecular formula is C21H12Cl2N2O3. The van der Waals surface area contributed by atoms with E-state index in [1.54, 1.807) is 36.4 Å². The lowest BCUT2D eigenvalue weighted by atomic mass is 10.1. The number of allylic oxidation sites excluding steroid dienone is 1. The lowest BCUT2D eigenvalue weighted by Crippen LogP contribution is -2.12. The summed E-state index contributed by atoms with van der Waals surface area (Å²) in [4.78, 5) is 24.7. The second kappa shape index (κ2) is 8.57. The number of Topliss-reactive ketones (excluding diaryl/α,β-unsaturated/α-hetero) is 1. The number of nitrogens with one attached hydrogen (secondary N) is 1. The molecule has 0 saturated heterocycles. The normalized spacial score (nSPS) is 11.0. The van der Waals surface area contributed by atoms with E-state index < -0.39 is 11.7 Å². The average Bonchev–Trinajstić information content (AvgIpc) is 3.20. The van der Waals surface area contributed by atoms with Crippen molar-refractivity contribution in [2.45, 2.75) is 0 Å². The quantitative estimate of drug-likeness (QED) is 0.335. The number of furan rings is 1. The van der Waals surface area contributed by atoms with Crippen LogP contribution in [0, 0.1) is 11.3 Å². The Kier molecular flexibility index (Phi) is 5.95. The number of nitriles is 1. The van der Waals surface area contributed by atoms with E-state index in [1.165, 1.54) is 30.5 Å². The van der Waals surface area contributed by atoms with Crippen LogP contribution < -0.4 is 5.32 Å². The van der Waals surface area contributed by atoms with Crippen LogP contribution in [-0.2, 0) is 0 Å². The van der Waals surface area contributed by atoms with E-state index in [9.17, 15) is 14.9 Å². The molecule has 0 atom stereocenters. The minimum absolute atomic E-state index is 0.0784. The van der Waals surface area contributed by atoms with Gasteiger partial charge in [-0.3, -0.25) is 9.59 Å². The van der Waals surface area contributed by atoms with Crippen molar-refractivity contribution < 1.29 is 14.0 Å². The van der Waals surface area contributed by atoms with Crippen molar-refractivity contribution in [3.8, 4) is 6.07 Å². The number of halogens is 2. The number of amides is 1. The van der Waals surface area contributed by atoms with Crippen LogP contribution in [0.5, 0.6) is 0 Å². The summed E-state index contributed by atoms with van der Waals surface area (Å²) < 4.78 is 5.04. The second-order valence-electron chi connectivity index (χ2n) is 5.68. The van der Waals surface area contributed by atoms with E-state index in [1.807, 2.05) is 6.07 Å². The van der Waals surface area contributed by atoms with Crippen LogP contribution in [0.15, 0.2) is 70.9 Å². The van der Waals surface area contributed by atoms with E-state index in [0.717, 1.165) is 0 Å². The van der Waals surface area contributed by atoms with E-state index in [-0.39, 0.29) is 21.9 Å². The number of rotatable bonds is 5. The molecule has 0 unspecified atom stereocenters. The standard InChI is InChI=1S/C21H12Cl2N2O3/c22-15-6-7-17(18(23)11-15)21(27)25-16-4-1-3-13(10-16)9-14(12-24)20(26)19-5-2-8-28-19/h1-11H,(H,25,27)/b14-9+. The number of ketones is 1. The van der Waals surface area contributed by atoms with Gasteiger partial charge in [0.1, 0.15) is 11.6 Å². The summed E-state index contributed by atoms with van der Waals surface area (Å²) in [5.41, 5.74) is 1.24. The molecule has 3 rings (SSSR count). The topological polar surface area (TPSA) is 83.1 Å². The van der Waals surface area contributed by atoms with Gasteiger partial charge in [0, 0.05) is 10.7 Å². The third-order valence-electron chi connectivity index (χ3n) is 3.74. The molecule has 0 fully saturated rings. The van der Waals surface area contributed by atoms with Gasteiger partial charge in [-0.15, -0.1) is 0 Å². The van der Waals surface area contributed by atoms with Crippen LogP contribution in [0.1, 0.15) is 26.5 Å². The predicted molar refractivity (Wildman–Crippen MR) is 107 cm³/mol. The van der Waals surface area contributed by atoms with Crippen LogP contribution in [0.2, 0.25) is 10.0 Å². The largest absolute Gasteiger partial charge is 0.461 e. The summed E-state index contributed by atoms with van der Waals surface area (Å²) in [7, 11) is 0. The van der Waals surface area contributed by atoms with Gasteiger partial charge in [0.2, 0.25) is 5.78 Å². The molecule has 2 aromatic carbocycles. The first kappa shape index (κ1) is 19.4. The van der Waals surface area contributed by atoms with Crippen molar-refractivity contribution in [3.63, 3.8) is 0 Å². The molecule has 5 nitrogen and oxygen atoms in total. The Balaban J connectivity index is 1.83. The van der Waals surface area contributed by atoms with Crippen molar-refractivity contribution in [3.05, 3.63) is 93.4 Å². The fourth-order valence-corrected chi connectivity index (χ4v) is 2.93. The maximum absolute atomic E-state index is 12.4. The molecule has 138 valence electrons. The molecule has 0 bridgehead atoms. The molecular weight excluding hydrogens is 399 g/mol. The number of hydrogen-bond donors (Lipinski definition) is 1. The summed E-state index contributed by atoms with van der Waals surface area (Å²) in [6, 6.07) is 16.2. The van der Waals surface area contributed by atoms with Crippen LogP contribution in [0.25, 0.3) is 6.08 Å². The van der Waals surface area contributed by atoms with Crippen LogP contribution >= 0.6 is 23.2 Å². The summed E-state index contributed by atoms with van der Waals surface area (Å²) in [5.74, 6) is -0.848. The number of anilines is 1. The lowest BCUT2D eigenvalue weighted by molar-refractivity contribution is 0.101. The minimum atomic E-state index is -0.519. The fraction of sp³-hybridized carbons (Fsp3) is 0. The predicted octanol–water partition coefficient (Wildman–Crippen LogP) is 5.63.